The van der Waals surface area contributed by atoms with E-state index in [1.807, 2.05) is 24.3 Å². The Kier molecular flexibility index (Phi) is 6.57. The number of aromatic nitrogens is 2. The molecule has 2 aromatic heterocycles. The third-order valence-corrected chi connectivity index (χ3v) is 10.9. The molecule has 2 bridgehead atoms. The van der Waals surface area contributed by atoms with Crippen molar-refractivity contribution < 1.29 is 17.7 Å². The number of anilines is 1. The standard InChI is InChI=1S/C28H29Cl2N5O4S/c29-22-2-1-3-23(30)25(22)26-21(27(39-33-26)15-4-5-15)14-31-17-10-18-12-19(11-17)35(18)24-9-6-16(13-32-24)28(36)34-40(37,38)20-7-8-20/h1-3,6,9,13,15,17-20,31H,4-5,7-8,10-12,14H2,(H,34,36). The first-order valence-corrected chi connectivity index (χ1v) is 16.0. The van der Waals surface area contributed by atoms with Crippen LogP contribution >= 0.6 is 23.2 Å². The Balaban J connectivity index is 1.00. The van der Waals surface area contributed by atoms with Crippen molar-refractivity contribution in [1.29, 1.82) is 0 Å². The molecule has 9 nitrogen and oxygen atoms in total. The predicted octanol–water partition coefficient (Wildman–Crippen LogP) is 5.04. The van der Waals surface area contributed by atoms with Gasteiger partial charge < -0.3 is 14.7 Å². The molecule has 210 valence electrons. The number of sulfonamides is 1. The Labute approximate surface area is 242 Å². The number of rotatable bonds is 9. The molecule has 2 saturated heterocycles. The minimum Gasteiger partial charge on any atom is -0.360 e. The summed E-state index contributed by atoms with van der Waals surface area (Å²) in [4.78, 5) is 19.2. The van der Waals surface area contributed by atoms with E-state index in [0.29, 0.717) is 64.7 Å². The number of carbonyl (C=O) groups excluding carboxylic acids is 1. The third-order valence-electron chi connectivity index (χ3n) is 8.45. The molecule has 3 aliphatic carbocycles. The van der Waals surface area contributed by atoms with E-state index >= 15 is 0 Å². The first-order chi connectivity index (χ1) is 19.3. The average molecular weight is 603 g/mol. The van der Waals surface area contributed by atoms with Gasteiger partial charge in [0, 0.05) is 47.9 Å². The van der Waals surface area contributed by atoms with E-state index in [4.69, 9.17) is 27.7 Å². The van der Waals surface area contributed by atoms with Gasteiger partial charge in [0.1, 0.15) is 17.3 Å². The Bertz CT molecular complexity index is 1540. The lowest BCUT2D eigenvalue weighted by Gasteiger charge is -2.56. The lowest BCUT2D eigenvalue weighted by molar-refractivity contribution is 0.0981. The molecule has 4 heterocycles. The summed E-state index contributed by atoms with van der Waals surface area (Å²) >= 11 is 13.0. The second-order valence-electron chi connectivity index (χ2n) is 11.3. The van der Waals surface area contributed by atoms with E-state index in [1.165, 1.54) is 6.20 Å². The van der Waals surface area contributed by atoms with Crippen LogP contribution in [0.1, 0.15) is 72.5 Å². The van der Waals surface area contributed by atoms with Crippen molar-refractivity contribution in [2.24, 2.45) is 0 Å². The molecule has 3 aromatic rings. The molecular formula is C28H29Cl2N5O4S. The summed E-state index contributed by atoms with van der Waals surface area (Å²) < 4.78 is 32.1. The van der Waals surface area contributed by atoms with E-state index in [9.17, 15) is 13.2 Å². The molecule has 1 aromatic carbocycles. The third kappa shape index (κ3) is 4.89. The van der Waals surface area contributed by atoms with E-state index in [2.05, 4.69) is 25.1 Å². The second-order valence-corrected chi connectivity index (χ2v) is 14.1. The number of amides is 1. The van der Waals surface area contributed by atoms with Crippen LogP contribution in [0, 0.1) is 0 Å². The zero-order chi connectivity index (χ0) is 27.6. The van der Waals surface area contributed by atoms with Crippen LogP contribution in [0.4, 0.5) is 5.82 Å². The number of hydrogen-bond acceptors (Lipinski definition) is 8. The number of benzene rings is 1. The molecular weight excluding hydrogens is 573 g/mol. The van der Waals surface area contributed by atoms with Gasteiger partial charge in [-0.3, -0.25) is 4.79 Å². The molecule has 2 atom stereocenters. The van der Waals surface area contributed by atoms with Crippen molar-refractivity contribution in [2.45, 2.75) is 80.8 Å². The van der Waals surface area contributed by atoms with E-state index in [-0.39, 0.29) is 5.56 Å². The molecule has 12 heteroatoms. The molecule has 0 radical (unpaired) electrons. The van der Waals surface area contributed by atoms with Crippen LogP contribution in [0.15, 0.2) is 41.1 Å². The van der Waals surface area contributed by atoms with E-state index < -0.39 is 21.2 Å². The summed E-state index contributed by atoms with van der Waals surface area (Å²) in [7, 11) is -3.59. The highest BCUT2D eigenvalue weighted by Crippen LogP contribution is 2.46. The summed E-state index contributed by atoms with van der Waals surface area (Å²) in [6.07, 6.45) is 7.90. The lowest BCUT2D eigenvalue weighted by Crippen LogP contribution is -2.64. The maximum absolute atomic E-state index is 12.4. The summed E-state index contributed by atoms with van der Waals surface area (Å²) in [6.45, 7) is 0.627. The van der Waals surface area contributed by atoms with Crippen LogP contribution < -0.4 is 14.9 Å². The topological polar surface area (TPSA) is 117 Å². The monoisotopic (exact) mass is 601 g/mol. The fourth-order valence-corrected chi connectivity index (χ4v) is 7.94. The van der Waals surface area contributed by atoms with Crippen molar-refractivity contribution >= 4 is 45.0 Å². The Morgan fingerprint density at radius 3 is 2.38 bits per heavy atom. The van der Waals surface area contributed by atoms with Crippen LogP contribution in [0.25, 0.3) is 11.3 Å². The van der Waals surface area contributed by atoms with Crippen molar-refractivity contribution in [1.82, 2.24) is 20.2 Å². The van der Waals surface area contributed by atoms with Gasteiger partial charge in [-0.05, 0) is 69.2 Å². The molecule has 40 heavy (non-hydrogen) atoms. The number of nitrogens with zero attached hydrogens (tertiary/aromatic N) is 3. The molecule has 0 spiro atoms. The minimum atomic E-state index is -3.59. The second kappa shape index (κ2) is 10.0. The van der Waals surface area contributed by atoms with Crippen LogP contribution in [-0.2, 0) is 16.6 Å². The van der Waals surface area contributed by atoms with Gasteiger partial charge in [0.25, 0.3) is 5.91 Å². The highest BCUT2D eigenvalue weighted by Gasteiger charge is 2.46. The largest absolute Gasteiger partial charge is 0.360 e. The van der Waals surface area contributed by atoms with Crippen molar-refractivity contribution in [3.63, 3.8) is 0 Å². The zero-order valence-electron chi connectivity index (χ0n) is 21.6. The van der Waals surface area contributed by atoms with Crippen molar-refractivity contribution in [3.8, 4) is 11.3 Å². The number of fused-ring (bicyclic) bond motifs is 2. The first-order valence-electron chi connectivity index (χ1n) is 13.7. The van der Waals surface area contributed by atoms with Crippen molar-refractivity contribution in [2.75, 3.05) is 4.90 Å². The van der Waals surface area contributed by atoms with Crippen molar-refractivity contribution in [3.05, 3.63) is 63.5 Å². The van der Waals surface area contributed by atoms with Gasteiger partial charge in [-0.15, -0.1) is 0 Å². The van der Waals surface area contributed by atoms with Gasteiger partial charge >= 0.3 is 0 Å². The van der Waals surface area contributed by atoms with E-state index in [1.54, 1.807) is 6.07 Å². The number of carbonyl (C=O) groups is 1. The molecule has 5 fully saturated rings. The Hall–Kier alpha value is -2.66. The van der Waals surface area contributed by atoms with E-state index in [0.717, 1.165) is 49.2 Å². The summed E-state index contributed by atoms with van der Waals surface area (Å²) in [6, 6.07) is 9.94. The first kappa shape index (κ1) is 26.3. The summed E-state index contributed by atoms with van der Waals surface area (Å²) in [5.41, 5.74) is 2.70. The molecule has 2 aliphatic heterocycles. The maximum Gasteiger partial charge on any atom is 0.266 e. The Morgan fingerprint density at radius 1 is 1.02 bits per heavy atom. The van der Waals surface area contributed by atoms with Crippen LogP contribution in [0.2, 0.25) is 10.0 Å². The minimum absolute atomic E-state index is 0.243. The zero-order valence-corrected chi connectivity index (χ0v) is 24.0. The van der Waals surface area contributed by atoms with Gasteiger partial charge in [-0.25, -0.2) is 18.1 Å². The smallest absolute Gasteiger partial charge is 0.266 e. The molecule has 2 N–H and O–H groups in total. The number of piperidine rings is 1. The number of hydrogen-bond donors (Lipinski definition) is 2. The summed E-state index contributed by atoms with van der Waals surface area (Å²) in [5, 5.41) is 8.80. The van der Waals surface area contributed by atoms with Crippen LogP contribution in [0.3, 0.4) is 0 Å². The quantitative estimate of drug-likeness (QED) is 0.350. The van der Waals surface area contributed by atoms with Gasteiger partial charge in [-0.1, -0.05) is 34.4 Å². The summed E-state index contributed by atoms with van der Waals surface area (Å²) in [5.74, 6) is 1.52. The molecule has 5 aliphatic rings. The SMILES string of the molecule is O=C(NS(=O)(=O)C1CC1)c1ccc(N2C3CC(NCc4c(-c5c(Cl)cccc5Cl)noc4C4CC4)CC2C3)nc1. The lowest BCUT2D eigenvalue weighted by atomic mass is 9.76. The predicted molar refractivity (Wildman–Crippen MR) is 152 cm³/mol. The molecule has 2 unspecified atom stereocenters. The molecule has 3 saturated carbocycles. The fourth-order valence-electron chi connectivity index (χ4n) is 6.06. The number of nitrogens with one attached hydrogen (secondary N) is 2. The molecule has 8 rings (SSSR count). The van der Waals surface area contributed by atoms with Gasteiger partial charge in [0.2, 0.25) is 10.0 Å². The van der Waals surface area contributed by atoms with Gasteiger partial charge in [-0.2, -0.15) is 0 Å². The van der Waals surface area contributed by atoms with Gasteiger partial charge in [0.05, 0.1) is 20.9 Å². The fraction of sp³-hybridized carbons (Fsp3) is 0.464. The maximum atomic E-state index is 12.4. The van der Waals surface area contributed by atoms with Crippen LogP contribution in [-0.4, -0.2) is 47.8 Å². The average Bonchev–Trinajstić information content (AvgIpc) is 3.85. The van der Waals surface area contributed by atoms with Gasteiger partial charge in [0.15, 0.2) is 0 Å². The Morgan fingerprint density at radius 2 is 1.75 bits per heavy atom. The normalized spacial score (nSPS) is 24.1. The highest BCUT2D eigenvalue weighted by atomic mass is 35.5. The number of halogens is 2. The van der Waals surface area contributed by atoms with Crippen LogP contribution in [0.5, 0.6) is 0 Å². The highest BCUT2D eigenvalue weighted by molar-refractivity contribution is 7.91. The molecule has 1 amide bonds. The number of pyridine rings is 1.